The summed E-state index contributed by atoms with van der Waals surface area (Å²) in [5, 5.41) is 6.36. The van der Waals surface area contributed by atoms with Crippen molar-refractivity contribution in [1.29, 1.82) is 0 Å². The molecule has 3 nitrogen and oxygen atoms in total. The van der Waals surface area contributed by atoms with Crippen LogP contribution in [0.1, 0.15) is 0 Å². The molecule has 1 aromatic heterocycles. The van der Waals surface area contributed by atoms with Crippen LogP contribution in [0.15, 0.2) is 54.7 Å². The SMILES string of the molecule is Clc1ccc(-n2cc3ccccc3n2)cc1.O. The molecule has 2 N–H and O–H groups in total. The van der Waals surface area contributed by atoms with Crippen molar-refractivity contribution in [3.63, 3.8) is 0 Å². The van der Waals surface area contributed by atoms with Crippen molar-refractivity contribution in [3.8, 4) is 5.69 Å². The van der Waals surface area contributed by atoms with Gasteiger partial charge >= 0.3 is 0 Å². The predicted octanol–water partition coefficient (Wildman–Crippen LogP) is 2.85. The van der Waals surface area contributed by atoms with Gasteiger partial charge < -0.3 is 5.48 Å². The normalized spacial score (nSPS) is 10.2. The van der Waals surface area contributed by atoms with E-state index in [9.17, 15) is 0 Å². The first-order valence-corrected chi connectivity index (χ1v) is 5.41. The highest BCUT2D eigenvalue weighted by atomic mass is 35.5. The van der Waals surface area contributed by atoms with E-state index in [0.717, 1.165) is 21.6 Å². The van der Waals surface area contributed by atoms with Crippen LogP contribution in [0.25, 0.3) is 16.6 Å². The molecule has 0 aliphatic heterocycles. The second kappa shape index (κ2) is 4.57. The second-order valence-corrected chi connectivity index (χ2v) is 4.05. The molecule has 3 rings (SSSR count). The molecule has 1 heterocycles. The summed E-state index contributed by atoms with van der Waals surface area (Å²) >= 11 is 5.85. The minimum absolute atomic E-state index is 0. The highest BCUT2D eigenvalue weighted by molar-refractivity contribution is 6.30. The Morgan fingerprint density at radius 3 is 2.35 bits per heavy atom. The molecule has 4 heteroatoms. The van der Waals surface area contributed by atoms with Gasteiger partial charge in [0, 0.05) is 16.6 Å². The molecule has 0 spiro atoms. The third-order valence-electron chi connectivity index (χ3n) is 2.50. The Kier molecular flexibility index (Phi) is 3.13. The summed E-state index contributed by atoms with van der Waals surface area (Å²) in [7, 11) is 0. The third-order valence-corrected chi connectivity index (χ3v) is 2.76. The van der Waals surface area contributed by atoms with Gasteiger partial charge in [0.05, 0.1) is 11.2 Å². The van der Waals surface area contributed by atoms with Gasteiger partial charge in [-0.15, -0.1) is 0 Å². The van der Waals surface area contributed by atoms with Gasteiger partial charge in [0.15, 0.2) is 0 Å². The highest BCUT2D eigenvalue weighted by Gasteiger charge is 2.01. The third kappa shape index (κ3) is 2.16. The zero-order valence-corrected chi connectivity index (χ0v) is 9.72. The van der Waals surface area contributed by atoms with Gasteiger partial charge in [0.1, 0.15) is 0 Å². The van der Waals surface area contributed by atoms with Crippen LogP contribution < -0.4 is 0 Å². The van der Waals surface area contributed by atoms with Gasteiger partial charge in [-0.25, -0.2) is 4.68 Å². The Hall–Kier alpha value is -1.84. The Labute approximate surface area is 104 Å². The lowest BCUT2D eigenvalue weighted by Gasteiger charge is -1.99. The number of rotatable bonds is 1. The lowest BCUT2D eigenvalue weighted by molar-refractivity contribution is 0.824. The zero-order valence-electron chi connectivity index (χ0n) is 8.97. The number of hydrogen-bond donors (Lipinski definition) is 0. The molecule has 0 atom stereocenters. The smallest absolute Gasteiger partial charge is 0.0927 e. The number of benzene rings is 2. The first kappa shape index (κ1) is 11.6. The van der Waals surface area contributed by atoms with Gasteiger partial charge in [0.2, 0.25) is 0 Å². The molecule has 17 heavy (non-hydrogen) atoms. The molecule has 0 fully saturated rings. The second-order valence-electron chi connectivity index (χ2n) is 3.61. The Morgan fingerprint density at radius 2 is 1.65 bits per heavy atom. The van der Waals surface area contributed by atoms with Crippen LogP contribution in [-0.2, 0) is 0 Å². The average molecular weight is 247 g/mol. The molecular formula is C13H11ClN2O. The molecule has 0 amide bonds. The minimum Gasteiger partial charge on any atom is -0.412 e. The van der Waals surface area contributed by atoms with E-state index in [4.69, 9.17) is 11.6 Å². The largest absolute Gasteiger partial charge is 0.412 e. The summed E-state index contributed by atoms with van der Waals surface area (Å²) < 4.78 is 1.86. The molecule has 2 aromatic carbocycles. The number of nitrogens with zero attached hydrogens (tertiary/aromatic N) is 2. The van der Waals surface area contributed by atoms with Crippen molar-refractivity contribution in [3.05, 3.63) is 59.8 Å². The molecule has 0 saturated heterocycles. The van der Waals surface area contributed by atoms with Crippen LogP contribution in [0.5, 0.6) is 0 Å². The van der Waals surface area contributed by atoms with E-state index in [1.54, 1.807) is 0 Å². The molecule has 0 bridgehead atoms. The van der Waals surface area contributed by atoms with Gasteiger partial charge in [-0.05, 0) is 30.3 Å². The van der Waals surface area contributed by atoms with Crippen LogP contribution in [0.3, 0.4) is 0 Å². The summed E-state index contributed by atoms with van der Waals surface area (Å²) in [6.45, 7) is 0. The predicted molar refractivity (Wildman–Crippen MR) is 69.7 cm³/mol. The summed E-state index contributed by atoms with van der Waals surface area (Å²) in [5.41, 5.74) is 2.01. The summed E-state index contributed by atoms with van der Waals surface area (Å²) in [5.74, 6) is 0. The summed E-state index contributed by atoms with van der Waals surface area (Å²) in [6, 6.07) is 15.7. The van der Waals surface area contributed by atoms with E-state index < -0.39 is 0 Å². The first-order valence-electron chi connectivity index (χ1n) is 5.03. The highest BCUT2D eigenvalue weighted by Crippen LogP contribution is 2.17. The van der Waals surface area contributed by atoms with Gasteiger partial charge in [-0.1, -0.05) is 29.8 Å². The summed E-state index contributed by atoms with van der Waals surface area (Å²) in [6.07, 6.45) is 2.01. The molecule has 0 aliphatic rings. The maximum atomic E-state index is 5.85. The van der Waals surface area contributed by atoms with Crippen molar-refractivity contribution in [2.24, 2.45) is 0 Å². The number of hydrogen-bond acceptors (Lipinski definition) is 1. The first-order chi connectivity index (χ1) is 7.83. The lowest BCUT2D eigenvalue weighted by atomic mass is 10.3. The Morgan fingerprint density at radius 1 is 0.941 bits per heavy atom. The van der Waals surface area contributed by atoms with E-state index >= 15 is 0 Å². The van der Waals surface area contributed by atoms with Crippen LogP contribution in [0, 0.1) is 0 Å². The minimum atomic E-state index is 0. The van der Waals surface area contributed by atoms with E-state index in [2.05, 4.69) is 11.2 Å². The quantitative estimate of drug-likeness (QED) is 0.651. The number of halogens is 1. The summed E-state index contributed by atoms with van der Waals surface area (Å²) in [4.78, 5) is 0. The number of fused-ring (bicyclic) bond motifs is 1. The maximum absolute atomic E-state index is 5.85. The van der Waals surface area contributed by atoms with Crippen molar-refractivity contribution in [2.45, 2.75) is 0 Å². The van der Waals surface area contributed by atoms with E-state index in [-0.39, 0.29) is 5.48 Å². The fraction of sp³-hybridized carbons (Fsp3) is 0. The van der Waals surface area contributed by atoms with Crippen LogP contribution in [0.4, 0.5) is 0 Å². The Balaban J connectivity index is 0.00000108. The van der Waals surface area contributed by atoms with E-state index in [1.807, 2.05) is 53.3 Å². The molecule has 86 valence electrons. The fourth-order valence-electron chi connectivity index (χ4n) is 1.69. The molecule has 3 aromatic rings. The molecule has 0 saturated carbocycles. The van der Waals surface area contributed by atoms with Gasteiger partial charge in [-0.2, -0.15) is 5.10 Å². The van der Waals surface area contributed by atoms with Gasteiger partial charge in [-0.3, -0.25) is 0 Å². The fourth-order valence-corrected chi connectivity index (χ4v) is 1.82. The van der Waals surface area contributed by atoms with E-state index in [1.165, 1.54) is 0 Å². The van der Waals surface area contributed by atoms with Crippen molar-refractivity contribution >= 4 is 22.5 Å². The van der Waals surface area contributed by atoms with Crippen molar-refractivity contribution in [1.82, 2.24) is 9.78 Å². The number of aromatic nitrogens is 2. The molecule has 0 unspecified atom stereocenters. The lowest BCUT2D eigenvalue weighted by Crippen LogP contribution is -1.92. The monoisotopic (exact) mass is 246 g/mol. The maximum Gasteiger partial charge on any atom is 0.0927 e. The van der Waals surface area contributed by atoms with Crippen LogP contribution in [-0.4, -0.2) is 15.3 Å². The van der Waals surface area contributed by atoms with Crippen molar-refractivity contribution in [2.75, 3.05) is 0 Å². The topological polar surface area (TPSA) is 49.3 Å². The average Bonchev–Trinajstić information content (AvgIpc) is 2.73. The van der Waals surface area contributed by atoms with Gasteiger partial charge in [0.25, 0.3) is 0 Å². The van der Waals surface area contributed by atoms with Crippen LogP contribution in [0.2, 0.25) is 5.02 Å². The van der Waals surface area contributed by atoms with E-state index in [0.29, 0.717) is 0 Å². The molecule has 0 aliphatic carbocycles. The van der Waals surface area contributed by atoms with Crippen LogP contribution >= 0.6 is 11.6 Å². The zero-order chi connectivity index (χ0) is 11.0. The Bertz CT molecular complexity index is 598. The van der Waals surface area contributed by atoms with Crippen molar-refractivity contribution < 1.29 is 5.48 Å². The molecular weight excluding hydrogens is 236 g/mol. The molecule has 0 radical (unpaired) electrons. The standard InChI is InChI=1S/C13H9ClN2.H2O/c14-11-5-7-12(8-6-11)16-9-10-3-1-2-4-13(10)15-16;/h1-9H;1H2.